The van der Waals surface area contributed by atoms with Crippen LogP contribution in [-0.2, 0) is 0 Å². The third kappa shape index (κ3) is 3.09. The standard InChI is InChI=1S/C13H21N3O/c1-10-12(8-9-17-10)13(16-14)15-11-6-4-2-3-5-7-11/h8-9,11H,2-7,14H2,1H3,(H,15,16). The van der Waals surface area contributed by atoms with E-state index in [2.05, 4.69) is 5.43 Å². The first kappa shape index (κ1) is 12.2. The van der Waals surface area contributed by atoms with Gasteiger partial charge in [0.05, 0.1) is 17.9 Å². The number of nitrogens with zero attached hydrogens (tertiary/aromatic N) is 1. The molecule has 0 spiro atoms. The summed E-state index contributed by atoms with van der Waals surface area (Å²) < 4.78 is 5.28. The van der Waals surface area contributed by atoms with Gasteiger partial charge in [0.15, 0.2) is 0 Å². The number of nitrogens with one attached hydrogen (secondary N) is 1. The van der Waals surface area contributed by atoms with Crippen LogP contribution in [0.1, 0.15) is 49.8 Å². The molecule has 1 fully saturated rings. The van der Waals surface area contributed by atoms with Gasteiger partial charge in [-0.2, -0.15) is 0 Å². The molecule has 0 aliphatic heterocycles. The summed E-state index contributed by atoms with van der Waals surface area (Å²) >= 11 is 0. The molecule has 4 nitrogen and oxygen atoms in total. The first-order valence-electron chi connectivity index (χ1n) is 6.40. The number of aliphatic imine (C=N–C) groups is 1. The zero-order valence-electron chi connectivity index (χ0n) is 10.4. The first-order chi connectivity index (χ1) is 8.31. The predicted octanol–water partition coefficient (Wildman–Crippen LogP) is 2.52. The number of amidine groups is 1. The SMILES string of the molecule is Cc1occc1C(=NC1CCCCCC1)NN. The molecule has 0 bridgehead atoms. The van der Waals surface area contributed by atoms with Crippen LogP contribution in [-0.4, -0.2) is 11.9 Å². The number of furan rings is 1. The van der Waals surface area contributed by atoms with Crippen LogP contribution in [0.4, 0.5) is 0 Å². The largest absolute Gasteiger partial charge is 0.469 e. The highest BCUT2D eigenvalue weighted by molar-refractivity contribution is 5.99. The van der Waals surface area contributed by atoms with Gasteiger partial charge in [-0.25, -0.2) is 5.84 Å². The Bertz CT molecular complexity index is 376. The summed E-state index contributed by atoms with van der Waals surface area (Å²) in [6.07, 6.45) is 9.23. The molecule has 1 heterocycles. The number of rotatable bonds is 2. The Morgan fingerprint density at radius 1 is 1.35 bits per heavy atom. The van der Waals surface area contributed by atoms with E-state index in [0.717, 1.165) is 17.2 Å². The molecular formula is C13H21N3O. The minimum absolute atomic E-state index is 0.401. The van der Waals surface area contributed by atoms with Crippen LogP contribution < -0.4 is 11.3 Å². The van der Waals surface area contributed by atoms with Crippen molar-refractivity contribution >= 4 is 5.84 Å². The lowest BCUT2D eigenvalue weighted by Crippen LogP contribution is -2.32. The number of hydrogen-bond donors (Lipinski definition) is 2. The van der Waals surface area contributed by atoms with E-state index in [-0.39, 0.29) is 0 Å². The van der Waals surface area contributed by atoms with Gasteiger partial charge in [-0.05, 0) is 25.8 Å². The summed E-state index contributed by atoms with van der Waals surface area (Å²) in [7, 11) is 0. The van der Waals surface area contributed by atoms with E-state index in [1.807, 2.05) is 13.0 Å². The van der Waals surface area contributed by atoms with Gasteiger partial charge in [-0.1, -0.05) is 25.7 Å². The summed E-state index contributed by atoms with van der Waals surface area (Å²) in [5.74, 6) is 7.18. The van der Waals surface area contributed by atoms with Gasteiger partial charge >= 0.3 is 0 Å². The highest BCUT2D eigenvalue weighted by Crippen LogP contribution is 2.20. The van der Waals surface area contributed by atoms with Crippen LogP contribution >= 0.6 is 0 Å². The second kappa shape index (κ2) is 5.87. The lowest BCUT2D eigenvalue weighted by molar-refractivity contribution is 0.533. The monoisotopic (exact) mass is 235 g/mol. The maximum absolute atomic E-state index is 5.57. The number of aryl methyl sites for hydroxylation is 1. The van der Waals surface area contributed by atoms with Gasteiger partial charge in [0.2, 0.25) is 0 Å². The Labute approximate surface area is 102 Å². The fourth-order valence-electron chi connectivity index (χ4n) is 2.38. The molecule has 0 amide bonds. The van der Waals surface area contributed by atoms with Crippen molar-refractivity contribution in [1.29, 1.82) is 0 Å². The molecular weight excluding hydrogens is 214 g/mol. The Balaban J connectivity index is 2.14. The van der Waals surface area contributed by atoms with E-state index in [1.165, 1.54) is 38.5 Å². The molecule has 0 unspecified atom stereocenters. The van der Waals surface area contributed by atoms with Gasteiger partial charge < -0.3 is 9.84 Å². The maximum atomic E-state index is 5.57. The summed E-state index contributed by atoms with van der Waals surface area (Å²) in [6, 6.07) is 2.31. The van der Waals surface area contributed by atoms with Crippen molar-refractivity contribution in [3.05, 3.63) is 23.7 Å². The molecule has 94 valence electrons. The van der Waals surface area contributed by atoms with Gasteiger partial charge in [0, 0.05) is 0 Å². The van der Waals surface area contributed by atoms with Crippen molar-refractivity contribution in [2.45, 2.75) is 51.5 Å². The fraction of sp³-hybridized carbons (Fsp3) is 0.615. The quantitative estimate of drug-likeness (QED) is 0.272. The molecule has 1 aliphatic carbocycles. The van der Waals surface area contributed by atoms with Crippen molar-refractivity contribution in [3.8, 4) is 0 Å². The maximum Gasteiger partial charge on any atom is 0.146 e. The van der Waals surface area contributed by atoms with Crippen LogP contribution in [0.15, 0.2) is 21.7 Å². The average molecular weight is 235 g/mol. The molecule has 0 atom stereocenters. The van der Waals surface area contributed by atoms with E-state index in [1.54, 1.807) is 6.26 Å². The lowest BCUT2D eigenvalue weighted by Gasteiger charge is -2.12. The minimum atomic E-state index is 0.401. The third-order valence-electron chi connectivity index (χ3n) is 3.39. The summed E-state index contributed by atoms with van der Waals surface area (Å²) in [6.45, 7) is 1.93. The van der Waals surface area contributed by atoms with Crippen LogP contribution in [0.5, 0.6) is 0 Å². The normalized spacial score (nSPS) is 19.1. The Morgan fingerprint density at radius 3 is 2.59 bits per heavy atom. The molecule has 2 rings (SSSR count). The Kier molecular flexibility index (Phi) is 4.20. The van der Waals surface area contributed by atoms with Crippen molar-refractivity contribution in [2.75, 3.05) is 0 Å². The van der Waals surface area contributed by atoms with Crippen LogP contribution in [0.25, 0.3) is 0 Å². The molecule has 1 aromatic heterocycles. The molecule has 1 saturated carbocycles. The van der Waals surface area contributed by atoms with Crippen LogP contribution in [0.3, 0.4) is 0 Å². The van der Waals surface area contributed by atoms with Gasteiger partial charge in [0.1, 0.15) is 11.6 Å². The second-order valence-electron chi connectivity index (χ2n) is 4.66. The average Bonchev–Trinajstić information content (AvgIpc) is 2.62. The zero-order chi connectivity index (χ0) is 12.1. The molecule has 17 heavy (non-hydrogen) atoms. The van der Waals surface area contributed by atoms with Crippen LogP contribution in [0.2, 0.25) is 0 Å². The van der Waals surface area contributed by atoms with Gasteiger partial charge in [-0.3, -0.25) is 4.99 Å². The first-order valence-corrected chi connectivity index (χ1v) is 6.40. The van der Waals surface area contributed by atoms with Crippen LogP contribution in [0, 0.1) is 6.92 Å². The Hall–Kier alpha value is -1.29. The van der Waals surface area contributed by atoms with E-state index < -0.39 is 0 Å². The summed E-state index contributed by atoms with van der Waals surface area (Å²) in [5, 5.41) is 0. The van der Waals surface area contributed by atoms with Crippen molar-refractivity contribution in [2.24, 2.45) is 10.8 Å². The highest BCUT2D eigenvalue weighted by Gasteiger charge is 2.14. The lowest BCUT2D eigenvalue weighted by atomic mass is 10.1. The molecule has 1 aliphatic rings. The smallest absolute Gasteiger partial charge is 0.146 e. The van der Waals surface area contributed by atoms with E-state index in [4.69, 9.17) is 15.3 Å². The molecule has 1 aromatic rings. The molecule has 0 radical (unpaired) electrons. The molecule has 4 heteroatoms. The summed E-state index contributed by atoms with van der Waals surface area (Å²) in [4.78, 5) is 4.74. The third-order valence-corrected chi connectivity index (χ3v) is 3.39. The second-order valence-corrected chi connectivity index (χ2v) is 4.66. The zero-order valence-corrected chi connectivity index (χ0v) is 10.4. The number of hydrogen-bond acceptors (Lipinski definition) is 3. The van der Waals surface area contributed by atoms with Gasteiger partial charge in [0.25, 0.3) is 0 Å². The number of nitrogens with two attached hydrogens (primary N) is 1. The fourth-order valence-corrected chi connectivity index (χ4v) is 2.38. The van der Waals surface area contributed by atoms with E-state index >= 15 is 0 Å². The van der Waals surface area contributed by atoms with Crippen molar-refractivity contribution < 1.29 is 4.42 Å². The van der Waals surface area contributed by atoms with Crippen molar-refractivity contribution in [3.63, 3.8) is 0 Å². The van der Waals surface area contributed by atoms with Crippen molar-refractivity contribution in [1.82, 2.24) is 5.43 Å². The predicted molar refractivity (Wildman–Crippen MR) is 68.8 cm³/mol. The van der Waals surface area contributed by atoms with Gasteiger partial charge in [-0.15, -0.1) is 0 Å². The van der Waals surface area contributed by atoms with E-state index in [9.17, 15) is 0 Å². The minimum Gasteiger partial charge on any atom is -0.469 e. The molecule has 0 aromatic carbocycles. The topological polar surface area (TPSA) is 63.5 Å². The Morgan fingerprint density at radius 2 is 2.06 bits per heavy atom. The molecule has 0 saturated heterocycles. The highest BCUT2D eigenvalue weighted by atomic mass is 16.3. The number of hydrazine groups is 1. The van der Waals surface area contributed by atoms with E-state index in [0.29, 0.717) is 6.04 Å². The molecule has 3 N–H and O–H groups in total. The summed E-state index contributed by atoms with van der Waals surface area (Å²) in [5.41, 5.74) is 3.67.